The molecule has 10 heteroatoms. The summed E-state index contributed by atoms with van der Waals surface area (Å²) in [6.45, 7) is 5.61. The molecule has 0 bridgehead atoms. The van der Waals surface area contributed by atoms with Crippen molar-refractivity contribution >= 4 is 21.9 Å². The number of carboxylic acid groups (broad SMARTS) is 1. The van der Waals surface area contributed by atoms with Crippen LogP contribution in [0.2, 0.25) is 0 Å². The zero-order valence-corrected chi connectivity index (χ0v) is 22.1. The molecule has 2 atom stereocenters. The average Bonchev–Trinajstić information content (AvgIpc) is 2.88. The lowest BCUT2D eigenvalue weighted by atomic mass is 9.98. The Morgan fingerprint density at radius 1 is 1.13 bits per heavy atom. The lowest BCUT2D eigenvalue weighted by Crippen LogP contribution is -2.53. The van der Waals surface area contributed by atoms with Crippen LogP contribution in [0.15, 0.2) is 71.6 Å². The molecule has 1 aliphatic rings. The van der Waals surface area contributed by atoms with Crippen LogP contribution in [0.25, 0.3) is 11.1 Å². The number of nitrogens with two attached hydrogens (primary N) is 1. The van der Waals surface area contributed by atoms with Gasteiger partial charge in [0.2, 0.25) is 15.9 Å². The number of benzene rings is 3. The van der Waals surface area contributed by atoms with E-state index in [0.29, 0.717) is 19.7 Å². The van der Waals surface area contributed by atoms with Gasteiger partial charge in [0, 0.05) is 13.1 Å². The van der Waals surface area contributed by atoms with Crippen molar-refractivity contribution in [3.05, 3.63) is 89.0 Å². The summed E-state index contributed by atoms with van der Waals surface area (Å²) in [4.78, 5) is 26.5. The number of hydrogen-bond acceptors (Lipinski definition) is 6. The average molecular weight is 538 g/mol. The van der Waals surface area contributed by atoms with Gasteiger partial charge in [-0.05, 0) is 72.0 Å². The van der Waals surface area contributed by atoms with Crippen molar-refractivity contribution in [2.75, 3.05) is 19.8 Å². The molecule has 1 saturated heterocycles. The fourth-order valence-electron chi connectivity index (χ4n) is 4.58. The lowest BCUT2D eigenvalue weighted by molar-refractivity contribution is -0.133. The molecule has 3 aromatic carbocycles. The molecule has 4 N–H and O–H groups in total. The van der Waals surface area contributed by atoms with E-state index in [2.05, 4.69) is 10.2 Å². The highest BCUT2D eigenvalue weighted by atomic mass is 32.2. The highest BCUT2D eigenvalue weighted by Gasteiger charge is 2.30. The van der Waals surface area contributed by atoms with Gasteiger partial charge < -0.3 is 15.2 Å². The first-order valence-corrected chi connectivity index (χ1v) is 13.8. The number of primary sulfonamides is 1. The summed E-state index contributed by atoms with van der Waals surface area (Å²) in [6.07, 6.45) is 0. The van der Waals surface area contributed by atoms with Gasteiger partial charge in [0.25, 0.3) is 0 Å². The van der Waals surface area contributed by atoms with Crippen LogP contribution in [0, 0.1) is 6.92 Å². The second-order valence-corrected chi connectivity index (χ2v) is 11.0. The largest absolute Gasteiger partial charge is 0.478 e. The van der Waals surface area contributed by atoms with Gasteiger partial charge in [-0.15, -0.1) is 0 Å². The predicted molar refractivity (Wildman–Crippen MR) is 143 cm³/mol. The van der Waals surface area contributed by atoms with Crippen molar-refractivity contribution in [1.29, 1.82) is 0 Å². The molecule has 1 heterocycles. The van der Waals surface area contributed by atoms with E-state index < -0.39 is 22.0 Å². The van der Waals surface area contributed by atoms with Crippen LogP contribution in [0.3, 0.4) is 0 Å². The number of nitrogens with one attached hydrogen (secondary N) is 1. The van der Waals surface area contributed by atoms with E-state index in [0.717, 1.165) is 27.8 Å². The summed E-state index contributed by atoms with van der Waals surface area (Å²) in [7, 11) is -3.78. The number of hydrogen-bond donors (Lipinski definition) is 3. The number of aryl methyl sites for hydroxylation is 1. The summed E-state index contributed by atoms with van der Waals surface area (Å²) >= 11 is 0. The van der Waals surface area contributed by atoms with Gasteiger partial charge in [0.1, 0.15) is 6.04 Å². The van der Waals surface area contributed by atoms with Crippen molar-refractivity contribution in [2.24, 2.45) is 5.14 Å². The first-order valence-electron chi connectivity index (χ1n) is 12.2. The zero-order valence-electron chi connectivity index (χ0n) is 21.3. The summed E-state index contributed by atoms with van der Waals surface area (Å²) in [5.41, 5.74) is 4.64. The highest BCUT2D eigenvalue weighted by molar-refractivity contribution is 7.89. The van der Waals surface area contributed by atoms with E-state index in [9.17, 15) is 18.0 Å². The van der Waals surface area contributed by atoms with Crippen molar-refractivity contribution in [2.45, 2.75) is 37.4 Å². The minimum atomic E-state index is -3.78. The minimum Gasteiger partial charge on any atom is -0.478 e. The molecule has 0 radical (unpaired) electrons. The molecule has 0 saturated carbocycles. The topological polar surface area (TPSA) is 139 Å². The number of carbonyl (C=O) groups excluding carboxylic acids is 1. The van der Waals surface area contributed by atoms with Crippen LogP contribution in [-0.2, 0) is 26.1 Å². The van der Waals surface area contributed by atoms with Gasteiger partial charge in [-0.2, -0.15) is 0 Å². The van der Waals surface area contributed by atoms with Crippen molar-refractivity contribution < 1.29 is 27.9 Å². The van der Waals surface area contributed by atoms with Gasteiger partial charge in [-0.25, -0.2) is 18.4 Å². The maximum Gasteiger partial charge on any atom is 0.335 e. The smallest absolute Gasteiger partial charge is 0.335 e. The van der Waals surface area contributed by atoms with E-state index in [1.165, 1.54) is 18.2 Å². The number of aromatic carboxylic acids is 1. The van der Waals surface area contributed by atoms with E-state index in [4.69, 9.17) is 15.0 Å². The first-order chi connectivity index (χ1) is 18.0. The van der Waals surface area contributed by atoms with Gasteiger partial charge in [0.05, 0.1) is 29.7 Å². The quantitative estimate of drug-likeness (QED) is 0.401. The molecule has 1 aliphatic heterocycles. The van der Waals surface area contributed by atoms with Crippen molar-refractivity contribution in [3.8, 4) is 11.1 Å². The number of rotatable bonds is 8. The summed E-state index contributed by atoms with van der Waals surface area (Å²) in [5, 5.41) is 17.4. The Morgan fingerprint density at radius 3 is 2.53 bits per heavy atom. The zero-order chi connectivity index (χ0) is 27.4. The molecule has 1 amide bonds. The molecule has 0 aliphatic carbocycles. The minimum absolute atomic E-state index is 0.0733. The standard InChI is InChI=1S/C28H31N3O6S/c1-18-14-24(38(29,35)36)10-11-25(18)23-5-3-4-20(15-23)16-31-12-13-37-17-26(31)27(32)30-19(2)21-6-8-22(9-7-21)28(33)34/h3-11,14-15,19,26H,12-13,16-17H2,1-2H3,(H,30,32)(H,33,34)(H2,29,35,36)/t19-,26+/m0/s1. The highest BCUT2D eigenvalue weighted by Crippen LogP contribution is 2.27. The van der Waals surface area contributed by atoms with Crippen LogP contribution >= 0.6 is 0 Å². The van der Waals surface area contributed by atoms with E-state index in [1.54, 1.807) is 24.3 Å². The number of ether oxygens (including phenoxy) is 1. The monoisotopic (exact) mass is 537 g/mol. The maximum atomic E-state index is 13.2. The fourth-order valence-corrected chi connectivity index (χ4v) is 5.18. The van der Waals surface area contributed by atoms with E-state index in [1.807, 2.05) is 38.1 Å². The molecule has 3 aromatic rings. The first kappa shape index (κ1) is 27.5. The Balaban J connectivity index is 1.48. The molecule has 0 spiro atoms. The van der Waals surface area contributed by atoms with Gasteiger partial charge in [-0.1, -0.05) is 36.4 Å². The Hall–Kier alpha value is -3.57. The Morgan fingerprint density at radius 2 is 1.87 bits per heavy atom. The van der Waals surface area contributed by atoms with Gasteiger partial charge in [-0.3, -0.25) is 9.69 Å². The Bertz CT molecular complexity index is 1440. The second kappa shape index (κ2) is 11.4. The number of amides is 1. The normalized spacial score (nSPS) is 17.1. The number of carboxylic acids is 1. The molecule has 4 rings (SSSR count). The van der Waals surface area contributed by atoms with E-state index >= 15 is 0 Å². The summed E-state index contributed by atoms with van der Waals surface area (Å²) in [5.74, 6) is -1.16. The molecule has 0 aromatic heterocycles. The predicted octanol–water partition coefficient (Wildman–Crippen LogP) is 3.09. The number of sulfonamides is 1. The van der Waals surface area contributed by atoms with Crippen LogP contribution in [0.1, 0.15) is 40.0 Å². The van der Waals surface area contributed by atoms with Gasteiger partial charge in [0.15, 0.2) is 0 Å². The molecule has 9 nitrogen and oxygen atoms in total. The second-order valence-electron chi connectivity index (χ2n) is 9.44. The summed E-state index contributed by atoms with van der Waals surface area (Å²) < 4.78 is 29.0. The fraction of sp³-hybridized carbons (Fsp3) is 0.286. The van der Waals surface area contributed by atoms with Crippen LogP contribution in [0.5, 0.6) is 0 Å². The van der Waals surface area contributed by atoms with Crippen LogP contribution in [0.4, 0.5) is 0 Å². The molecule has 0 unspecified atom stereocenters. The molecule has 38 heavy (non-hydrogen) atoms. The molecular weight excluding hydrogens is 506 g/mol. The third-order valence-corrected chi connectivity index (χ3v) is 7.62. The SMILES string of the molecule is Cc1cc(S(N)(=O)=O)ccc1-c1cccc(CN2CCOC[C@@H]2C(=O)N[C@@H](C)c2ccc(C(=O)O)cc2)c1. The maximum absolute atomic E-state index is 13.2. The number of nitrogens with zero attached hydrogens (tertiary/aromatic N) is 1. The van der Waals surface area contributed by atoms with E-state index in [-0.39, 0.29) is 29.0 Å². The van der Waals surface area contributed by atoms with Crippen LogP contribution < -0.4 is 10.5 Å². The lowest BCUT2D eigenvalue weighted by Gasteiger charge is -2.35. The van der Waals surface area contributed by atoms with Crippen molar-refractivity contribution in [3.63, 3.8) is 0 Å². The van der Waals surface area contributed by atoms with Crippen molar-refractivity contribution in [1.82, 2.24) is 10.2 Å². The third-order valence-electron chi connectivity index (χ3n) is 6.71. The number of carbonyl (C=O) groups is 2. The summed E-state index contributed by atoms with van der Waals surface area (Å²) in [6, 6.07) is 18.4. The Labute approximate surface area is 222 Å². The Kier molecular flexibility index (Phi) is 8.27. The molecule has 1 fully saturated rings. The molecule has 200 valence electrons. The third kappa shape index (κ3) is 6.46. The van der Waals surface area contributed by atoms with Gasteiger partial charge >= 0.3 is 5.97 Å². The molecular formula is C28H31N3O6S. The number of morpholine rings is 1. The van der Waals surface area contributed by atoms with Crippen LogP contribution in [-0.4, -0.2) is 56.1 Å².